The number of rotatable bonds is 2. The van der Waals surface area contributed by atoms with E-state index in [0.717, 1.165) is 16.9 Å². The molecule has 3 nitrogen and oxygen atoms in total. The number of nitrogens with two attached hydrogens (primary N) is 1. The van der Waals surface area contributed by atoms with Crippen molar-refractivity contribution in [3.05, 3.63) is 89.3 Å². The highest BCUT2D eigenvalue weighted by Gasteiger charge is 2.17. The quantitative estimate of drug-likeness (QED) is 0.911. The Morgan fingerprint density at radius 1 is 0.952 bits per heavy atom. The molecule has 0 bridgehead atoms. The van der Waals surface area contributed by atoms with Crippen LogP contribution in [0.25, 0.3) is 5.76 Å². The second-order valence-electron chi connectivity index (χ2n) is 4.83. The molecular weight excluding hydrogens is 260 g/mol. The predicted octanol–water partition coefficient (Wildman–Crippen LogP) is 3.51. The predicted molar refractivity (Wildman–Crippen MR) is 81.7 cm³/mol. The molecule has 1 heterocycles. The van der Waals surface area contributed by atoms with Crippen LogP contribution < -0.4 is 5.73 Å². The number of benzene rings is 2. The lowest BCUT2D eigenvalue weighted by molar-refractivity contribution is 0.365. The standard InChI is InChI=1S/C18H14N2O/c19-12-13-6-8-14(9-7-13)16-10-17(21-18(20)11-16)15-4-2-1-3-5-15/h1-11,16H,20H2. The molecule has 2 aromatic rings. The van der Waals surface area contributed by atoms with Crippen LogP contribution in [-0.4, -0.2) is 0 Å². The third-order valence-electron chi connectivity index (χ3n) is 3.39. The molecule has 0 aliphatic carbocycles. The number of nitriles is 1. The zero-order chi connectivity index (χ0) is 14.7. The summed E-state index contributed by atoms with van der Waals surface area (Å²) in [7, 11) is 0. The Balaban J connectivity index is 1.95. The van der Waals surface area contributed by atoms with E-state index < -0.39 is 0 Å². The summed E-state index contributed by atoms with van der Waals surface area (Å²) in [6, 6.07) is 19.5. The van der Waals surface area contributed by atoms with Crippen LogP contribution in [0.2, 0.25) is 0 Å². The lowest BCUT2D eigenvalue weighted by Crippen LogP contribution is -2.10. The van der Waals surface area contributed by atoms with Gasteiger partial charge in [-0.25, -0.2) is 0 Å². The normalized spacial score (nSPS) is 17.2. The monoisotopic (exact) mass is 274 g/mol. The molecule has 0 saturated carbocycles. The Kier molecular flexibility index (Phi) is 3.44. The zero-order valence-electron chi connectivity index (χ0n) is 11.4. The van der Waals surface area contributed by atoms with Crippen LogP contribution in [-0.2, 0) is 4.74 Å². The molecule has 2 aromatic carbocycles. The number of allylic oxidation sites excluding steroid dienone is 2. The van der Waals surface area contributed by atoms with Crippen molar-refractivity contribution >= 4 is 5.76 Å². The molecule has 0 saturated heterocycles. The molecule has 102 valence electrons. The van der Waals surface area contributed by atoms with Gasteiger partial charge in [0, 0.05) is 11.5 Å². The molecule has 0 spiro atoms. The first-order valence-corrected chi connectivity index (χ1v) is 6.69. The minimum atomic E-state index is 0.0432. The van der Waals surface area contributed by atoms with Gasteiger partial charge >= 0.3 is 0 Å². The Bertz CT molecular complexity index is 737. The summed E-state index contributed by atoms with van der Waals surface area (Å²) >= 11 is 0. The van der Waals surface area contributed by atoms with Crippen LogP contribution in [0.4, 0.5) is 0 Å². The van der Waals surface area contributed by atoms with Crippen LogP contribution in [0.15, 0.2) is 72.6 Å². The Hall–Kier alpha value is -2.99. The summed E-state index contributed by atoms with van der Waals surface area (Å²) in [5, 5.41) is 8.86. The molecule has 21 heavy (non-hydrogen) atoms. The fourth-order valence-corrected chi connectivity index (χ4v) is 2.31. The van der Waals surface area contributed by atoms with Crippen molar-refractivity contribution in [1.82, 2.24) is 0 Å². The Morgan fingerprint density at radius 3 is 2.33 bits per heavy atom. The second-order valence-corrected chi connectivity index (χ2v) is 4.83. The molecule has 1 aliphatic heterocycles. The summed E-state index contributed by atoms with van der Waals surface area (Å²) in [5.41, 5.74) is 8.61. The molecule has 0 radical (unpaired) electrons. The van der Waals surface area contributed by atoms with E-state index in [9.17, 15) is 0 Å². The van der Waals surface area contributed by atoms with E-state index >= 15 is 0 Å². The van der Waals surface area contributed by atoms with Gasteiger partial charge < -0.3 is 10.5 Å². The van der Waals surface area contributed by atoms with Gasteiger partial charge in [-0.2, -0.15) is 5.26 Å². The Morgan fingerprint density at radius 2 is 1.67 bits per heavy atom. The molecule has 2 N–H and O–H groups in total. The zero-order valence-corrected chi connectivity index (χ0v) is 11.4. The van der Waals surface area contributed by atoms with E-state index in [0.29, 0.717) is 11.4 Å². The van der Waals surface area contributed by atoms with Gasteiger partial charge in [0.15, 0.2) is 5.88 Å². The van der Waals surface area contributed by atoms with Crippen molar-refractivity contribution in [3.63, 3.8) is 0 Å². The number of hydrogen-bond donors (Lipinski definition) is 1. The van der Waals surface area contributed by atoms with Gasteiger partial charge in [-0.05, 0) is 29.8 Å². The van der Waals surface area contributed by atoms with Crippen molar-refractivity contribution in [2.24, 2.45) is 5.73 Å². The molecule has 1 unspecified atom stereocenters. The van der Waals surface area contributed by atoms with Gasteiger partial charge in [-0.15, -0.1) is 0 Å². The maximum absolute atomic E-state index is 8.86. The smallest absolute Gasteiger partial charge is 0.187 e. The van der Waals surface area contributed by atoms with Gasteiger partial charge in [0.2, 0.25) is 0 Å². The summed E-state index contributed by atoms with van der Waals surface area (Å²) in [4.78, 5) is 0. The first kappa shape index (κ1) is 13.0. The molecule has 1 aliphatic rings. The number of hydrogen-bond acceptors (Lipinski definition) is 3. The minimum Gasteiger partial charge on any atom is -0.442 e. The third kappa shape index (κ3) is 2.80. The number of ether oxygens (including phenoxy) is 1. The fraction of sp³-hybridized carbons (Fsp3) is 0.0556. The summed E-state index contributed by atoms with van der Waals surface area (Å²) < 4.78 is 5.62. The van der Waals surface area contributed by atoms with Crippen molar-refractivity contribution < 1.29 is 4.74 Å². The lowest BCUT2D eigenvalue weighted by atomic mass is 9.95. The van der Waals surface area contributed by atoms with Gasteiger partial charge in [0.25, 0.3) is 0 Å². The topological polar surface area (TPSA) is 59.0 Å². The average molecular weight is 274 g/mol. The minimum absolute atomic E-state index is 0.0432. The van der Waals surface area contributed by atoms with Crippen molar-refractivity contribution in [2.75, 3.05) is 0 Å². The first-order valence-electron chi connectivity index (χ1n) is 6.69. The molecule has 0 aromatic heterocycles. The van der Waals surface area contributed by atoms with E-state index in [4.69, 9.17) is 15.7 Å². The maximum atomic E-state index is 8.86. The third-order valence-corrected chi connectivity index (χ3v) is 3.39. The van der Waals surface area contributed by atoms with Gasteiger partial charge in [0.05, 0.1) is 11.6 Å². The molecule has 1 atom stereocenters. The largest absolute Gasteiger partial charge is 0.442 e. The highest BCUT2D eigenvalue weighted by molar-refractivity contribution is 5.63. The van der Waals surface area contributed by atoms with Crippen molar-refractivity contribution in [2.45, 2.75) is 5.92 Å². The average Bonchev–Trinajstić information content (AvgIpc) is 2.55. The van der Waals surface area contributed by atoms with Crippen LogP contribution in [0, 0.1) is 11.3 Å². The summed E-state index contributed by atoms with van der Waals surface area (Å²) in [5.74, 6) is 1.19. The van der Waals surface area contributed by atoms with E-state index in [1.54, 1.807) is 0 Å². The van der Waals surface area contributed by atoms with E-state index in [2.05, 4.69) is 6.07 Å². The summed E-state index contributed by atoms with van der Waals surface area (Å²) in [6.07, 6.45) is 3.90. The fourth-order valence-electron chi connectivity index (χ4n) is 2.31. The van der Waals surface area contributed by atoms with Gasteiger partial charge in [-0.3, -0.25) is 0 Å². The lowest BCUT2D eigenvalue weighted by Gasteiger charge is -2.20. The molecule has 3 heteroatoms. The highest BCUT2D eigenvalue weighted by Crippen LogP contribution is 2.31. The summed E-state index contributed by atoms with van der Waals surface area (Å²) in [6.45, 7) is 0. The first-order chi connectivity index (χ1) is 10.3. The molecule has 0 fully saturated rings. The highest BCUT2D eigenvalue weighted by atomic mass is 16.5. The van der Waals surface area contributed by atoms with E-state index in [1.807, 2.05) is 66.7 Å². The van der Waals surface area contributed by atoms with Crippen molar-refractivity contribution in [3.8, 4) is 6.07 Å². The maximum Gasteiger partial charge on any atom is 0.187 e. The number of nitrogens with zero attached hydrogens (tertiary/aromatic N) is 1. The van der Waals surface area contributed by atoms with Crippen LogP contribution >= 0.6 is 0 Å². The van der Waals surface area contributed by atoms with Crippen molar-refractivity contribution in [1.29, 1.82) is 5.26 Å². The van der Waals surface area contributed by atoms with E-state index in [1.165, 1.54) is 0 Å². The SMILES string of the molecule is N#Cc1ccc(C2C=C(N)OC(c3ccccc3)=C2)cc1. The molecule has 3 rings (SSSR count). The van der Waals surface area contributed by atoms with Gasteiger partial charge in [-0.1, -0.05) is 42.5 Å². The van der Waals surface area contributed by atoms with Gasteiger partial charge in [0.1, 0.15) is 5.76 Å². The second kappa shape index (κ2) is 5.56. The van der Waals surface area contributed by atoms with E-state index in [-0.39, 0.29) is 5.92 Å². The van der Waals surface area contributed by atoms with Crippen LogP contribution in [0.3, 0.4) is 0 Å². The molecular formula is C18H14N2O. The molecule has 0 amide bonds. The van der Waals surface area contributed by atoms with Crippen LogP contribution in [0.1, 0.15) is 22.6 Å². The van der Waals surface area contributed by atoms with Crippen LogP contribution in [0.5, 0.6) is 0 Å². The Labute approximate surface area is 123 Å².